The van der Waals surface area contributed by atoms with Crippen molar-refractivity contribution in [2.24, 2.45) is 5.14 Å². The lowest BCUT2D eigenvalue weighted by molar-refractivity contribution is -0.132. The van der Waals surface area contributed by atoms with Crippen LogP contribution in [0.1, 0.15) is 17.2 Å². The summed E-state index contributed by atoms with van der Waals surface area (Å²) in [5, 5.41) is 16.6. The minimum Gasteiger partial charge on any atom is -0.506 e. The number of methoxy groups -OCH3 is 2. The minimum atomic E-state index is -3.96. The minimum absolute atomic E-state index is 0.126. The number of rotatable bonds is 6. The van der Waals surface area contributed by atoms with Crippen LogP contribution in [0.5, 0.6) is 11.5 Å². The predicted molar refractivity (Wildman–Crippen MR) is 129 cm³/mol. The van der Waals surface area contributed by atoms with Crippen molar-refractivity contribution in [3.63, 3.8) is 0 Å². The molecule has 0 bridgehead atoms. The number of ether oxygens (including phenoxy) is 2. The number of aliphatic hydroxyl groups excluding tert-OH is 1. The third kappa shape index (κ3) is 4.25. The Morgan fingerprint density at radius 2 is 1.46 bits per heavy atom. The van der Waals surface area contributed by atoms with E-state index in [9.17, 15) is 23.1 Å². The highest BCUT2D eigenvalue weighted by atomic mass is 32.2. The highest BCUT2D eigenvalue weighted by Crippen LogP contribution is 2.45. The van der Waals surface area contributed by atoms with Crippen molar-refractivity contribution < 1.29 is 32.6 Å². The number of hydrogen-bond acceptors (Lipinski definition) is 7. The number of nitrogens with two attached hydrogens (primary N) is 1. The van der Waals surface area contributed by atoms with E-state index in [2.05, 4.69) is 0 Å². The Balaban J connectivity index is 1.97. The monoisotopic (exact) mass is 494 g/mol. The van der Waals surface area contributed by atoms with Crippen molar-refractivity contribution in [1.82, 2.24) is 0 Å². The fourth-order valence-electron chi connectivity index (χ4n) is 4.07. The topological polar surface area (TPSA) is 136 Å². The van der Waals surface area contributed by atoms with Crippen molar-refractivity contribution in [2.45, 2.75) is 10.9 Å². The zero-order valence-corrected chi connectivity index (χ0v) is 19.7. The Morgan fingerprint density at radius 1 is 0.886 bits per heavy atom. The van der Waals surface area contributed by atoms with Crippen molar-refractivity contribution in [2.75, 3.05) is 19.1 Å². The Morgan fingerprint density at radius 3 is 1.97 bits per heavy atom. The zero-order chi connectivity index (χ0) is 25.3. The lowest BCUT2D eigenvalue weighted by atomic mass is 9.94. The van der Waals surface area contributed by atoms with E-state index in [-0.39, 0.29) is 33.2 Å². The maximum atomic E-state index is 13.3. The summed E-state index contributed by atoms with van der Waals surface area (Å²) in [6.07, 6.45) is 0. The number of aliphatic hydroxyl groups is 1. The van der Waals surface area contributed by atoms with E-state index in [1.807, 2.05) is 0 Å². The Bertz CT molecular complexity index is 1410. The fraction of sp³-hybridized carbons (Fsp3) is 0.120. The SMILES string of the molecule is COc1cccc(OC)c1/C(O)=C1\C(=O)C(=O)N(c2ccc(S(N)(=O)=O)cc2)C1c1ccccc1. The Labute approximate surface area is 202 Å². The molecule has 0 saturated carbocycles. The first-order valence-corrected chi connectivity index (χ1v) is 11.9. The van der Waals surface area contributed by atoms with E-state index in [4.69, 9.17) is 14.6 Å². The molecule has 0 aromatic heterocycles. The van der Waals surface area contributed by atoms with Gasteiger partial charge in [-0.2, -0.15) is 0 Å². The van der Waals surface area contributed by atoms with Gasteiger partial charge < -0.3 is 14.6 Å². The van der Waals surface area contributed by atoms with Gasteiger partial charge in [-0.1, -0.05) is 36.4 Å². The summed E-state index contributed by atoms with van der Waals surface area (Å²) in [6, 6.07) is 17.8. The molecule has 1 saturated heterocycles. The van der Waals surface area contributed by atoms with E-state index < -0.39 is 33.5 Å². The van der Waals surface area contributed by atoms with Crippen molar-refractivity contribution in [3.8, 4) is 11.5 Å². The number of anilines is 1. The van der Waals surface area contributed by atoms with Gasteiger partial charge >= 0.3 is 0 Å². The summed E-state index contributed by atoms with van der Waals surface area (Å²) in [4.78, 5) is 27.6. The summed E-state index contributed by atoms with van der Waals surface area (Å²) in [5.74, 6) is -1.78. The second kappa shape index (κ2) is 9.24. The van der Waals surface area contributed by atoms with Gasteiger partial charge in [0.05, 0.1) is 30.7 Å². The molecule has 3 aromatic carbocycles. The molecule has 1 heterocycles. The van der Waals surface area contributed by atoms with Gasteiger partial charge in [0.15, 0.2) is 0 Å². The van der Waals surface area contributed by atoms with Gasteiger partial charge in [-0.15, -0.1) is 0 Å². The van der Waals surface area contributed by atoms with E-state index in [0.717, 1.165) is 0 Å². The highest BCUT2D eigenvalue weighted by molar-refractivity contribution is 7.89. The van der Waals surface area contributed by atoms with E-state index in [1.165, 1.54) is 43.4 Å². The van der Waals surface area contributed by atoms with Crippen LogP contribution < -0.4 is 19.5 Å². The number of carbonyl (C=O) groups excluding carboxylic acids is 2. The first-order valence-electron chi connectivity index (χ1n) is 10.4. The quantitative estimate of drug-likeness (QED) is 0.305. The molecular formula is C25H22N2O7S. The zero-order valence-electron chi connectivity index (χ0n) is 18.8. The lowest BCUT2D eigenvalue weighted by Crippen LogP contribution is -2.29. The third-order valence-corrected chi connectivity index (χ3v) is 6.60. The molecule has 1 aliphatic rings. The van der Waals surface area contributed by atoms with Gasteiger partial charge in [0.25, 0.3) is 11.7 Å². The van der Waals surface area contributed by atoms with Crippen LogP contribution in [0.25, 0.3) is 5.76 Å². The number of primary sulfonamides is 1. The average Bonchev–Trinajstić information content (AvgIpc) is 3.13. The third-order valence-electron chi connectivity index (χ3n) is 5.67. The molecule has 1 unspecified atom stereocenters. The van der Waals surface area contributed by atoms with Crippen LogP contribution in [0.2, 0.25) is 0 Å². The number of Topliss-reactive ketones (excluding diaryl/α,β-unsaturated/α-hetero) is 1. The number of carbonyl (C=O) groups is 2. The first-order chi connectivity index (χ1) is 16.7. The van der Waals surface area contributed by atoms with Crippen LogP contribution >= 0.6 is 0 Å². The molecule has 1 atom stereocenters. The number of benzene rings is 3. The van der Waals surface area contributed by atoms with E-state index >= 15 is 0 Å². The molecule has 3 aromatic rings. The summed E-state index contributed by atoms with van der Waals surface area (Å²) in [5.41, 5.74) is 0.762. The number of amides is 1. The smallest absolute Gasteiger partial charge is 0.300 e. The molecular weight excluding hydrogens is 472 g/mol. The number of ketones is 1. The molecule has 180 valence electrons. The Kier molecular flexibility index (Phi) is 6.33. The molecule has 1 fully saturated rings. The molecule has 1 amide bonds. The van der Waals surface area contributed by atoms with Crippen molar-refractivity contribution in [1.29, 1.82) is 0 Å². The molecule has 35 heavy (non-hydrogen) atoms. The van der Waals surface area contributed by atoms with E-state index in [1.54, 1.807) is 48.5 Å². The molecule has 0 radical (unpaired) electrons. The maximum absolute atomic E-state index is 13.3. The predicted octanol–water partition coefficient (Wildman–Crippen LogP) is 2.98. The van der Waals surface area contributed by atoms with Gasteiger partial charge in [-0.3, -0.25) is 14.5 Å². The fourth-order valence-corrected chi connectivity index (χ4v) is 4.58. The number of nitrogens with zero attached hydrogens (tertiary/aromatic N) is 1. The summed E-state index contributed by atoms with van der Waals surface area (Å²) >= 11 is 0. The summed E-state index contributed by atoms with van der Waals surface area (Å²) < 4.78 is 34.1. The highest BCUT2D eigenvalue weighted by Gasteiger charge is 2.47. The molecule has 4 rings (SSSR count). The van der Waals surface area contributed by atoms with Crippen LogP contribution in [0.15, 0.2) is 83.3 Å². The molecule has 0 aliphatic carbocycles. The first kappa shape index (κ1) is 24.0. The van der Waals surface area contributed by atoms with Crippen LogP contribution in [0, 0.1) is 0 Å². The second-order valence-corrected chi connectivity index (χ2v) is 9.22. The Hall–Kier alpha value is -4.15. The van der Waals surface area contributed by atoms with Gasteiger partial charge in [0, 0.05) is 5.69 Å². The van der Waals surface area contributed by atoms with Gasteiger partial charge in [-0.25, -0.2) is 13.6 Å². The summed E-state index contributed by atoms with van der Waals surface area (Å²) in [7, 11) is -1.14. The van der Waals surface area contributed by atoms with Crippen LogP contribution in [0.4, 0.5) is 5.69 Å². The molecule has 3 N–H and O–H groups in total. The standard InChI is InChI=1S/C25H22N2O7S/c1-33-18-9-6-10-19(34-2)20(18)23(28)21-22(15-7-4-3-5-8-15)27(25(30)24(21)29)16-11-13-17(14-12-16)35(26,31)32/h3-14,22,28H,1-2H3,(H2,26,31,32)/b23-21+. The normalized spacial score (nSPS) is 17.5. The number of sulfonamides is 1. The van der Waals surface area contributed by atoms with Crippen molar-refractivity contribution >= 4 is 33.2 Å². The van der Waals surface area contributed by atoms with Crippen LogP contribution in [0.3, 0.4) is 0 Å². The average molecular weight is 495 g/mol. The van der Waals surface area contributed by atoms with Gasteiger partial charge in [0.2, 0.25) is 10.0 Å². The van der Waals surface area contributed by atoms with Gasteiger partial charge in [0.1, 0.15) is 22.8 Å². The van der Waals surface area contributed by atoms with Crippen molar-refractivity contribution in [3.05, 3.63) is 89.5 Å². The van der Waals surface area contributed by atoms with E-state index in [0.29, 0.717) is 5.56 Å². The second-order valence-electron chi connectivity index (χ2n) is 7.66. The van der Waals surface area contributed by atoms with Gasteiger partial charge in [-0.05, 0) is 42.0 Å². The van der Waals surface area contributed by atoms with Crippen LogP contribution in [-0.4, -0.2) is 39.4 Å². The largest absolute Gasteiger partial charge is 0.506 e. The maximum Gasteiger partial charge on any atom is 0.300 e. The lowest BCUT2D eigenvalue weighted by Gasteiger charge is -2.26. The number of hydrogen-bond donors (Lipinski definition) is 2. The molecule has 9 nitrogen and oxygen atoms in total. The van der Waals surface area contributed by atoms with Crippen LogP contribution in [-0.2, 0) is 19.6 Å². The molecule has 1 aliphatic heterocycles. The molecule has 0 spiro atoms. The summed E-state index contributed by atoms with van der Waals surface area (Å²) in [6.45, 7) is 0. The molecule has 10 heteroatoms.